The van der Waals surface area contributed by atoms with Crippen LogP contribution in [0.3, 0.4) is 0 Å². The molecule has 0 spiro atoms. The zero-order chi connectivity index (χ0) is 20.6. The maximum Gasteiger partial charge on any atom is 0.328 e. The highest BCUT2D eigenvalue weighted by molar-refractivity contribution is 5.91. The first kappa shape index (κ1) is 19.3. The Bertz CT molecular complexity index is 861. The van der Waals surface area contributed by atoms with Gasteiger partial charge in [0.2, 0.25) is 5.91 Å². The molecule has 1 aromatic heterocycles. The number of carbonyl (C=O) groups excluding carboxylic acids is 2. The van der Waals surface area contributed by atoms with Gasteiger partial charge in [-0.25, -0.2) is 9.78 Å². The van der Waals surface area contributed by atoms with Gasteiger partial charge in [0.25, 0.3) is 0 Å². The van der Waals surface area contributed by atoms with E-state index >= 15 is 0 Å². The number of nitrogens with one attached hydrogen (secondary N) is 3. The number of pyridine rings is 1. The monoisotopic (exact) mass is 398 g/mol. The Labute approximate surface area is 169 Å². The summed E-state index contributed by atoms with van der Waals surface area (Å²) in [5, 5.41) is 18.6. The molecule has 0 saturated carbocycles. The van der Waals surface area contributed by atoms with E-state index in [0.717, 1.165) is 25.2 Å². The van der Waals surface area contributed by atoms with Crippen molar-refractivity contribution >= 4 is 17.8 Å². The van der Waals surface area contributed by atoms with E-state index in [1.54, 1.807) is 43.2 Å². The zero-order valence-corrected chi connectivity index (χ0v) is 16.6. The van der Waals surface area contributed by atoms with E-state index < -0.39 is 11.6 Å². The number of carbonyl (C=O) groups is 2. The molecule has 4 N–H and O–H groups in total. The summed E-state index contributed by atoms with van der Waals surface area (Å²) in [6.45, 7) is 5.03. The van der Waals surface area contributed by atoms with Crippen LogP contribution in [0.2, 0.25) is 0 Å². The lowest BCUT2D eigenvalue weighted by Gasteiger charge is -2.40. The van der Waals surface area contributed by atoms with Crippen molar-refractivity contribution in [2.24, 2.45) is 0 Å². The van der Waals surface area contributed by atoms with Crippen LogP contribution in [0.1, 0.15) is 20.3 Å². The van der Waals surface area contributed by atoms with Gasteiger partial charge in [-0.3, -0.25) is 15.0 Å². The highest BCUT2D eigenvalue weighted by atomic mass is 16.3. The molecule has 4 rings (SSSR count). The van der Waals surface area contributed by atoms with Crippen molar-refractivity contribution in [1.82, 2.24) is 25.4 Å². The molecule has 0 radical (unpaired) electrons. The van der Waals surface area contributed by atoms with Crippen molar-refractivity contribution in [1.29, 1.82) is 0 Å². The number of rotatable bonds is 4. The average Bonchev–Trinajstić information content (AvgIpc) is 3.10. The van der Waals surface area contributed by atoms with Gasteiger partial charge in [-0.05, 0) is 38.5 Å². The summed E-state index contributed by atoms with van der Waals surface area (Å²) < 4.78 is 0. The minimum absolute atomic E-state index is 0.0246. The molecule has 154 valence electrons. The number of dihydropyridines is 1. The van der Waals surface area contributed by atoms with Crippen molar-refractivity contribution in [2.75, 3.05) is 25.0 Å². The second-order valence-corrected chi connectivity index (χ2v) is 8.15. The van der Waals surface area contributed by atoms with Crippen molar-refractivity contribution in [2.45, 2.75) is 38.0 Å². The molecule has 9 nitrogen and oxygen atoms in total. The molecule has 3 aliphatic heterocycles. The lowest BCUT2D eigenvalue weighted by molar-refractivity contribution is -0.123. The predicted molar refractivity (Wildman–Crippen MR) is 107 cm³/mol. The molecule has 4 heterocycles. The number of urea groups is 1. The van der Waals surface area contributed by atoms with Crippen LogP contribution in [0.25, 0.3) is 0 Å². The molecule has 0 aromatic carbocycles. The first-order chi connectivity index (χ1) is 13.8. The number of nitrogens with zero attached hydrogens (tertiary/aromatic N) is 3. The van der Waals surface area contributed by atoms with Crippen LogP contribution in [0.5, 0.6) is 0 Å². The first-order valence-corrected chi connectivity index (χ1v) is 9.77. The van der Waals surface area contributed by atoms with Crippen molar-refractivity contribution in [3.05, 3.63) is 48.1 Å². The quantitative estimate of drug-likeness (QED) is 0.591. The number of aromatic nitrogens is 1. The van der Waals surface area contributed by atoms with Gasteiger partial charge >= 0.3 is 6.03 Å². The second-order valence-electron chi connectivity index (χ2n) is 8.15. The minimum atomic E-state index is -0.997. The molecule has 1 saturated heterocycles. The van der Waals surface area contributed by atoms with E-state index in [1.807, 2.05) is 12.1 Å². The third kappa shape index (κ3) is 4.04. The fourth-order valence-electron chi connectivity index (χ4n) is 3.78. The SMILES string of the molecule is CC(C)(O)CNC(=O)C1C=CC2=C(N1)N(C(=O)Nc1ccccn1)C1CCN2C1. The number of amides is 3. The lowest BCUT2D eigenvalue weighted by Crippen LogP contribution is -2.56. The summed E-state index contributed by atoms with van der Waals surface area (Å²) in [4.78, 5) is 33.7. The summed E-state index contributed by atoms with van der Waals surface area (Å²) in [5.41, 5.74) is -0.0932. The topological polar surface area (TPSA) is 110 Å². The van der Waals surface area contributed by atoms with Crippen molar-refractivity contribution in [3.63, 3.8) is 0 Å². The highest BCUT2D eigenvalue weighted by Crippen LogP contribution is 2.33. The van der Waals surface area contributed by atoms with Crippen molar-refractivity contribution in [3.8, 4) is 0 Å². The molecule has 2 bridgehead atoms. The number of hydrogen-bond donors (Lipinski definition) is 4. The Balaban J connectivity index is 1.53. The van der Waals surface area contributed by atoms with E-state index in [0.29, 0.717) is 11.6 Å². The van der Waals surface area contributed by atoms with E-state index in [9.17, 15) is 14.7 Å². The van der Waals surface area contributed by atoms with Crippen LogP contribution in [-0.2, 0) is 4.79 Å². The normalized spacial score (nSPS) is 22.9. The van der Waals surface area contributed by atoms with E-state index in [1.165, 1.54) is 0 Å². The largest absolute Gasteiger partial charge is 0.389 e. The summed E-state index contributed by atoms with van der Waals surface area (Å²) in [5.74, 6) is 0.844. The molecular weight excluding hydrogens is 372 g/mol. The number of hydrogen-bond acceptors (Lipinski definition) is 6. The molecule has 2 atom stereocenters. The number of allylic oxidation sites excluding steroid dienone is 1. The third-order valence-electron chi connectivity index (χ3n) is 5.19. The summed E-state index contributed by atoms with van der Waals surface area (Å²) in [7, 11) is 0. The van der Waals surface area contributed by atoms with Gasteiger partial charge in [-0.1, -0.05) is 12.1 Å². The van der Waals surface area contributed by atoms with Crippen LogP contribution in [0, 0.1) is 0 Å². The van der Waals surface area contributed by atoms with Gasteiger partial charge in [-0.15, -0.1) is 0 Å². The van der Waals surface area contributed by atoms with E-state index in [4.69, 9.17) is 0 Å². The lowest BCUT2D eigenvalue weighted by atomic mass is 10.1. The Morgan fingerprint density at radius 3 is 2.93 bits per heavy atom. The number of fused-ring (bicyclic) bond motifs is 3. The molecule has 1 aromatic rings. The Kier molecular flexibility index (Phi) is 4.91. The zero-order valence-electron chi connectivity index (χ0n) is 16.6. The van der Waals surface area contributed by atoms with Gasteiger partial charge < -0.3 is 20.6 Å². The fraction of sp³-hybridized carbons (Fsp3) is 0.450. The van der Waals surface area contributed by atoms with Gasteiger partial charge in [0.15, 0.2) is 0 Å². The standard InChI is InChI=1S/C20H26N6O3/c1-20(2,29)12-22-18(27)14-6-7-15-17(23-14)26(13-8-10-25(15)11-13)19(28)24-16-5-3-4-9-21-16/h3-7,9,13-14,23,29H,8,10-12H2,1-2H3,(H,22,27)(H,21,24,28). The Morgan fingerprint density at radius 1 is 1.38 bits per heavy atom. The smallest absolute Gasteiger partial charge is 0.328 e. The van der Waals surface area contributed by atoms with Crippen LogP contribution < -0.4 is 16.0 Å². The molecule has 0 aliphatic carbocycles. The van der Waals surface area contributed by atoms with Gasteiger partial charge in [-0.2, -0.15) is 0 Å². The van der Waals surface area contributed by atoms with E-state index in [2.05, 4.69) is 25.8 Å². The molecule has 3 aliphatic rings. The number of anilines is 1. The summed E-state index contributed by atoms with van der Waals surface area (Å²) >= 11 is 0. The highest BCUT2D eigenvalue weighted by Gasteiger charge is 2.42. The molecule has 29 heavy (non-hydrogen) atoms. The maximum atomic E-state index is 13.1. The predicted octanol–water partition coefficient (Wildman–Crippen LogP) is 0.588. The average molecular weight is 398 g/mol. The minimum Gasteiger partial charge on any atom is -0.389 e. The molecule has 9 heteroatoms. The fourth-order valence-corrected chi connectivity index (χ4v) is 3.78. The van der Waals surface area contributed by atoms with Crippen molar-refractivity contribution < 1.29 is 14.7 Å². The van der Waals surface area contributed by atoms with Gasteiger partial charge in [0.05, 0.1) is 17.3 Å². The molecule has 1 fully saturated rings. The Hall–Kier alpha value is -3.07. The molecular formula is C20H26N6O3. The van der Waals surface area contributed by atoms with Crippen LogP contribution >= 0.6 is 0 Å². The van der Waals surface area contributed by atoms with E-state index in [-0.39, 0.29) is 24.5 Å². The van der Waals surface area contributed by atoms with Crippen LogP contribution in [-0.4, -0.2) is 69.1 Å². The molecule has 2 unspecified atom stereocenters. The third-order valence-corrected chi connectivity index (χ3v) is 5.19. The van der Waals surface area contributed by atoms with Crippen LogP contribution in [0.15, 0.2) is 48.1 Å². The second kappa shape index (κ2) is 7.40. The summed E-state index contributed by atoms with van der Waals surface area (Å²) in [6.07, 6.45) is 6.15. The number of aliphatic hydroxyl groups is 1. The van der Waals surface area contributed by atoms with Crippen LogP contribution in [0.4, 0.5) is 10.6 Å². The summed E-state index contributed by atoms with van der Waals surface area (Å²) in [6, 6.07) is 4.46. The molecule has 3 amide bonds. The van der Waals surface area contributed by atoms with Gasteiger partial charge in [0, 0.05) is 25.8 Å². The van der Waals surface area contributed by atoms with Gasteiger partial charge in [0.1, 0.15) is 17.7 Å². The first-order valence-electron chi connectivity index (χ1n) is 9.77. The maximum absolute atomic E-state index is 13.1. The Morgan fingerprint density at radius 2 is 2.21 bits per heavy atom.